The molecule has 14 heavy (non-hydrogen) atoms. The molecule has 0 aromatic carbocycles. The van der Waals surface area contributed by atoms with Crippen LogP contribution in [0.3, 0.4) is 0 Å². The fraction of sp³-hybridized carbons (Fsp3) is 0.600. The lowest BCUT2D eigenvalue weighted by molar-refractivity contribution is -0.418. The van der Waals surface area contributed by atoms with Gasteiger partial charge in [-0.05, 0) is 0 Å². The monoisotopic (exact) mass is 221 g/mol. The number of alkyl halides is 6. The third kappa shape index (κ3) is 1.47. The van der Waals surface area contributed by atoms with Crippen LogP contribution in [0.4, 0.5) is 26.3 Å². The number of aldehydes is 1. The molecule has 0 radical (unpaired) electrons. The molecule has 0 atom stereocenters. The highest BCUT2D eigenvalue weighted by molar-refractivity contribution is 6.31. The molecule has 0 N–H and O–H groups in total. The van der Waals surface area contributed by atoms with E-state index >= 15 is 0 Å². The molecular formula is C5HF6NO2. The van der Waals surface area contributed by atoms with Gasteiger partial charge in [-0.25, -0.2) is 9.73 Å². The number of ether oxygens (including phenoxy) is 1. The Bertz CT molecular complexity index is 299. The molecule has 0 spiro atoms. The van der Waals surface area contributed by atoms with Crippen molar-refractivity contribution in [1.82, 2.24) is 0 Å². The molecule has 1 rings (SSSR count). The van der Waals surface area contributed by atoms with Crippen LogP contribution in [0.5, 0.6) is 0 Å². The average Bonchev–Trinajstić information content (AvgIpc) is 1.95. The van der Waals surface area contributed by atoms with Crippen LogP contribution in [-0.4, -0.2) is 30.3 Å². The Kier molecular flexibility index (Phi) is 2.10. The normalized spacial score (nSPS) is 28.0. The molecule has 0 aromatic rings. The first kappa shape index (κ1) is 11.0. The van der Waals surface area contributed by atoms with E-state index in [-0.39, 0.29) is 0 Å². The fourth-order valence-electron chi connectivity index (χ4n) is 0.651. The first-order valence-electron chi connectivity index (χ1n) is 3.01. The summed E-state index contributed by atoms with van der Waals surface area (Å²) in [6.07, 6.45) is -11.0. The predicted octanol–water partition coefficient (Wildman–Crippen LogP) is 1.43. The van der Waals surface area contributed by atoms with Gasteiger partial charge < -0.3 is 0 Å². The Hall–Kier alpha value is -1.12. The molecule has 1 aliphatic heterocycles. The van der Waals surface area contributed by atoms with E-state index in [9.17, 15) is 31.1 Å². The first-order valence-corrected chi connectivity index (χ1v) is 3.01. The third-order valence-corrected chi connectivity index (χ3v) is 1.28. The van der Waals surface area contributed by atoms with Crippen LogP contribution in [0.15, 0.2) is 4.99 Å². The number of aliphatic imine (C=N–C) groups is 1. The van der Waals surface area contributed by atoms with Crippen LogP contribution in [0.2, 0.25) is 0 Å². The Labute approximate surface area is 72.4 Å². The lowest BCUT2D eigenvalue weighted by atomic mass is 10.3. The lowest BCUT2D eigenvalue weighted by Crippen LogP contribution is -2.54. The zero-order chi connectivity index (χ0) is 11.2. The minimum absolute atomic E-state index is 0.775. The van der Waals surface area contributed by atoms with Crippen molar-refractivity contribution in [3.8, 4) is 0 Å². The van der Waals surface area contributed by atoms with Crippen molar-refractivity contribution in [2.45, 2.75) is 18.3 Å². The topological polar surface area (TPSA) is 38.7 Å². The molecule has 9 heteroatoms. The fourth-order valence-corrected chi connectivity index (χ4v) is 0.651. The van der Waals surface area contributed by atoms with E-state index in [4.69, 9.17) is 0 Å². The number of halogens is 6. The number of hydrogen-bond acceptors (Lipinski definition) is 3. The molecule has 0 amide bonds. The number of rotatable bonds is 1. The van der Waals surface area contributed by atoms with E-state index in [1.54, 1.807) is 4.99 Å². The number of carbonyl (C=O) groups is 1. The van der Waals surface area contributed by atoms with Gasteiger partial charge in [-0.1, -0.05) is 0 Å². The van der Waals surface area contributed by atoms with Crippen molar-refractivity contribution in [2.75, 3.05) is 0 Å². The van der Waals surface area contributed by atoms with Gasteiger partial charge in [0.15, 0.2) is 12.0 Å². The average molecular weight is 221 g/mol. The van der Waals surface area contributed by atoms with Crippen molar-refractivity contribution in [3.63, 3.8) is 0 Å². The summed E-state index contributed by atoms with van der Waals surface area (Å²) in [5, 5.41) is 0. The van der Waals surface area contributed by atoms with Gasteiger partial charge in [-0.15, -0.1) is 0 Å². The van der Waals surface area contributed by atoms with E-state index in [1.807, 2.05) is 0 Å². The van der Waals surface area contributed by atoms with Gasteiger partial charge in [0, 0.05) is 0 Å². The molecule has 3 nitrogen and oxygen atoms in total. The van der Waals surface area contributed by atoms with Gasteiger partial charge in [0.25, 0.3) is 0 Å². The third-order valence-electron chi connectivity index (χ3n) is 1.28. The van der Waals surface area contributed by atoms with Gasteiger partial charge in [0.1, 0.15) is 0 Å². The van der Waals surface area contributed by atoms with Crippen molar-refractivity contribution in [1.29, 1.82) is 0 Å². The molecule has 0 bridgehead atoms. The summed E-state index contributed by atoms with van der Waals surface area (Å²) in [6.45, 7) is 0. The van der Waals surface area contributed by atoms with E-state index in [2.05, 4.69) is 4.74 Å². The Morgan fingerprint density at radius 1 is 1.14 bits per heavy atom. The highest BCUT2D eigenvalue weighted by Gasteiger charge is 2.68. The quantitative estimate of drug-likeness (QED) is 0.381. The summed E-state index contributed by atoms with van der Waals surface area (Å²) in [5.41, 5.74) is -2.08. The molecule has 0 aromatic heterocycles. The molecule has 80 valence electrons. The van der Waals surface area contributed by atoms with Crippen LogP contribution in [-0.2, 0) is 9.53 Å². The Morgan fingerprint density at radius 3 is 2.07 bits per heavy atom. The van der Waals surface area contributed by atoms with Crippen molar-refractivity contribution in [2.24, 2.45) is 4.99 Å². The standard InChI is InChI=1S/C5HF6NO2/c6-3(7)2(1-13)12-4(8,9)5(10,11)14-3/h1H. The SMILES string of the molecule is O=CC1=NC(F)(F)C(F)(F)OC1(F)F. The zero-order valence-corrected chi connectivity index (χ0v) is 6.11. The second kappa shape index (κ2) is 2.69. The molecule has 1 aliphatic rings. The maximum Gasteiger partial charge on any atom is 0.447 e. The van der Waals surface area contributed by atoms with Crippen LogP contribution < -0.4 is 0 Å². The first-order chi connectivity index (χ1) is 6.12. The van der Waals surface area contributed by atoms with E-state index in [1.165, 1.54) is 0 Å². The number of hydrogen-bond donors (Lipinski definition) is 0. The maximum atomic E-state index is 12.3. The summed E-state index contributed by atoms with van der Waals surface area (Å²) in [6, 6.07) is -5.18. The van der Waals surface area contributed by atoms with E-state index < -0.39 is 30.3 Å². The number of nitrogens with zero attached hydrogens (tertiary/aromatic N) is 1. The Morgan fingerprint density at radius 2 is 1.64 bits per heavy atom. The summed E-state index contributed by atoms with van der Waals surface area (Å²) >= 11 is 0. The summed E-state index contributed by atoms with van der Waals surface area (Å²) in [4.78, 5) is 11.4. The second-order valence-electron chi connectivity index (χ2n) is 2.29. The molecule has 0 unspecified atom stereocenters. The van der Waals surface area contributed by atoms with Crippen molar-refractivity contribution in [3.05, 3.63) is 0 Å². The maximum absolute atomic E-state index is 12.3. The van der Waals surface area contributed by atoms with Crippen molar-refractivity contribution >= 4 is 12.0 Å². The van der Waals surface area contributed by atoms with Gasteiger partial charge in [-0.3, -0.25) is 4.79 Å². The molecule has 0 saturated carbocycles. The molecule has 1 heterocycles. The molecule has 0 saturated heterocycles. The molecule has 0 fully saturated rings. The summed E-state index contributed by atoms with van der Waals surface area (Å²) < 4.78 is 75.8. The van der Waals surface area contributed by atoms with Crippen molar-refractivity contribution < 1.29 is 35.9 Å². The smallest absolute Gasteiger partial charge is 0.296 e. The minimum atomic E-state index is -5.44. The summed E-state index contributed by atoms with van der Waals surface area (Å²) in [5.74, 6) is 0. The largest absolute Gasteiger partial charge is 0.447 e. The highest BCUT2D eigenvalue weighted by atomic mass is 19.3. The van der Waals surface area contributed by atoms with Crippen LogP contribution >= 0.6 is 0 Å². The molecular weight excluding hydrogens is 220 g/mol. The Balaban J connectivity index is 3.24. The second-order valence-corrected chi connectivity index (χ2v) is 2.29. The van der Waals surface area contributed by atoms with Gasteiger partial charge in [-0.2, -0.15) is 26.3 Å². The van der Waals surface area contributed by atoms with Gasteiger partial charge >= 0.3 is 18.3 Å². The van der Waals surface area contributed by atoms with E-state index in [0.29, 0.717) is 0 Å². The minimum Gasteiger partial charge on any atom is -0.296 e. The zero-order valence-electron chi connectivity index (χ0n) is 6.11. The van der Waals surface area contributed by atoms with Crippen LogP contribution in [0, 0.1) is 0 Å². The van der Waals surface area contributed by atoms with Gasteiger partial charge in [0.05, 0.1) is 0 Å². The number of carbonyl (C=O) groups excluding carboxylic acids is 1. The van der Waals surface area contributed by atoms with Crippen LogP contribution in [0.1, 0.15) is 0 Å². The molecule has 0 aliphatic carbocycles. The highest BCUT2D eigenvalue weighted by Crippen LogP contribution is 2.44. The lowest BCUT2D eigenvalue weighted by Gasteiger charge is -2.31. The van der Waals surface area contributed by atoms with Gasteiger partial charge in [0.2, 0.25) is 0 Å². The van der Waals surface area contributed by atoms with E-state index in [0.717, 1.165) is 0 Å². The van der Waals surface area contributed by atoms with Crippen LogP contribution in [0.25, 0.3) is 0 Å². The summed E-state index contributed by atoms with van der Waals surface area (Å²) in [7, 11) is 0. The predicted molar refractivity (Wildman–Crippen MR) is 29.4 cm³/mol.